The highest BCUT2D eigenvalue weighted by Crippen LogP contribution is 2.30. The molecule has 0 amide bonds. The number of pyridine rings is 1. The van der Waals surface area contributed by atoms with Crippen LogP contribution in [0.1, 0.15) is 31.2 Å². The lowest BCUT2D eigenvalue weighted by atomic mass is 9.85. The Kier molecular flexibility index (Phi) is 4.06. The molecule has 0 radical (unpaired) electrons. The molecule has 3 unspecified atom stereocenters. The van der Waals surface area contributed by atoms with Crippen molar-refractivity contribution >= 4 is 5.78 Å². The van der Waals surface area contributed by atoms with Crippen molar-refractivity contribution < 1.29 is 9.53 Å². The van der Waals surface area contributed by atoms with Crippen molar-refractivity contribution in [1.29, 1.82) is 5.26 Å². The number of ketones is 1. The minimum atomic E-state index is -0.723. The predicted molar refractivity (Wildman–Crippen MR) is 65.7 cm³/mol. The molecule has 0 aromatic carbocycles. The maximum atomic E-state index is 12.4. The van der Waals surface area contributed by atoms with Gasteiger partial charge in [0.05, 0.1) is 12.2 Å². The molecule has 1 aliphatic rings. The molecule has 4 nitrogen and oxygen atoms in total. The van der Waals surface area contributed by atoms with E-state index in [1.807, 2.05) is 6.92 Å². The van der Waals surface area contributed by atoms with Crippen LogP contribution in [-0.2, 0) is 9.53 Å². The monoisotopic (exact) mass is 244 g/mol. The highest BCUT2D eigenvalue weighted by atomic mass is 16.5. The van der Waals surface area contributed by atoms with Crippen molar-refractivity contribution in [1.82, 2.24) is 4.98 Å². The van der Waals surface area contributed by atoms with Gasteiger partial charge in [-0.3, -0.25) is 9.78 Å². The van der Waals surface area contributed by atoms with Gasteiger partial charge in [0.25, 0.3) is 0 Å². The second-order valence-electron chi connectivity index (χ2n) is 4.46. The predicted octanol–water partition coefficient (Wildman–Crippen LogP) is 2.07. The molecular weight excluding hydrogens is 228 g/mol. The molecule has 1 aliphatic heterocycles. The van der Waals surface area contributed by atoms with Gasteiger partial charge >= 0.3 is 0 Å². The van der Waals surface area contributed by atoms with E-state index in [2.05, 4.69) is 11.1 Å². The van der Waals surface area contributed by atoms with E-state index in [9.17, 15) is 10.1 Å². The molecule has 4 heteroatoms. The Morgan fingerprint density at radius 1 is 1.72 bits per heavy atom. The van der Waals surface area contributed by atoms with E-state index in [1.54, 1.807) is 24.5 Å². The Hall–Kier alpha value is -1.73. The molecule has 2 heterocycles. The smallest absolute Gasteiger partial charge is 0.160 e. The van der Waals surface area contributed by atoms with Gasteiger partial charge in [0, 0.05) is 24.9 Å². The Labute approximate surface area is 107 Å². The molecule has 1 fully saturated rings. The largest absolute Gasteiger partial charge is 0.377 e. The second kappa shape index (κ2) is 5.74. The lowest BCUT2D eigenvalue weighted by molar-refractivity contribution is -0.124. The van der Waals surface area contributed by atoms with Crippen LogP contribution >= 0.6 is 0 Å². The van der Waals surface area contributed by atoms with Crippen LogP contribution in [0.4, 0.5) is 0 Å². The van der Waals surface area contributed by atoms with Crippen molar-refractivity contribution in [3.05, 3.63) is 30.1 Å². The summed E-state index contributed by atoms with van der Waals surface area (Å²) in [6.45, 7) is 2.61. The average Bonchev–Trinajstić information content (AvgIpc) is 2.89. The van der Waals surface area contributed by atoms with Gasteiger partial charge in [-0.05, 0) is 24.5 Å². The first-order chi connectivity index (χ1) is 8.77. The average molecular weight is 244 g/mol. The third kappa shape index (κ3) is 2.41. The fourth-order valence-electron chi connectivity index (χ4n) is 2.44. The van der Waals surface area contributed by atoms with Gasteiger partial charge in [-0.25, -0.2) is 0 Å². The lowest BCUT2D eigenvalue weighted by Crippen LogP contribution is -2.28. The van der Waals surface area contributed by atoms with Gasteiger partial charge in [-0.15, -0.1) is 0 Å². The van der Waals surface area contributed by atoms with Crippen molar-refractivity contribution in [2.45, 2.75) is 31.8 Å². The normalized spacial score (nSPS) is 24.4. The zero-order valence-corrected chi connectivity index (χ0v) is 10.4. The molecule has 0 bridgehead atoms. The summed E-state index contributed by atoms with van der Waals surface area (Å²) in [5.41, 5.74) is 0.673. The maximum Gasteiger partial charge on any atom is 0.160 e. The highest BCUT2D eigenvalue weighted by Gasteiger charge is 2.37. The summed E-state index contributed by atoms with van der Waals surface area (Å²) in [4.78, 5) is 16.4. The van der Waals surface area contributed by atoms with Crippen LogP contribution in [-0.4, -0.2) is 23.5 Å². The number of Topliss-reactive ketones (excluding diaryl/α,β-unsaturated/α-hetero) is 1. The van der Waals surface area contributed by atoms with Crippen molar-refractivity contribution in [3.8, 4) is 6.07 Å². The van der Waals surface area contributed by atoms with Crippen LogP contribution in [0.25, 0.3) is 0 Å². The van der Waals surface area contributed by atoms with Crippen LogP contribution in [0.5, 0.6) is 0 Å². The third-order valence-electron chi connectivity index (χ3n) is 3.41. The number of hydrogen-bond donors (Lipinski definition) is 0. The zero-order valence-electron chi connectivity index (χ0n) is 10.4. The Balaban J connectivity index is 2.19. The molecule has 0 N–H and O–H groups in total. The van der Waals surface area contributed by atoms with Crippen LogP contribution in [0, 0.1) is 17.2 Å². The second-order valence-corrected chi connectivity index (χ2v) is 4.46. The van der Waals surface area contributed by atoms with Gasteiger partial charge in [0.1, 0.15) is 5.92 Å². The van der Waals surface area contributed by atoms with Gasteiger partial charge in [-0.1, -0.05) is 13.0 Å². The number of hydrogen-bond acceptors (Lipinski definition) is 4. The first kappa shape index (κ1) is 12.7. The van der Waals surface area contributed by atoms with Crippen molar-refractivity contribution in [2.24, 2.45) is 5.92 Å². The van der Waals surface area contributed by atoms with E-state index in [0.717, 1.165) is 12.8 Å². The molecule has 2 rings (SSSR count). The molecule has 3 atom stereocenters. The molecule has 18 heavy (non-hydrogen) atoms. The van der Waals surface area contributed by atoms with E-state index >= 15 is 0 Å². The Bertz CT molecular complexity index is 453. The summed E-state index contributed by atoms with van der Waals surface area (Å²) in [6, 6.07) is 5.61. The summed E-state index contributed by atoms with van der Waals surface area (Å²) in [7, 11) is 0. The first-order valence-corrected chi connectivity index (χ1v) is 6.22. The van der Waals surface area contributed by atoms with Crippen LogP contribution in [0.3, 0.4) is 0 Å². The fourth-order valence-corrected chi connectivity index (χ4v) is 2.44. The Morgan fingerprint density at radius 3 is 3.17 bits per heavy atom. The van der Waals surface area contributed by atoms with Crippen LogP contribution in [0.2, 0.25) is 0 Å². The Morgan fingerprint density at radius 2 is 2.56 bits per heavy atom. The van der Waals surface area contributed by atoms with Crippen LogP contribution in [0.15, 0.2) is 24.5 Å². The minimum absolute atomic E-state index is 0.0325. The number of aromatic nitrogens is 1. The summed E-state index contributed by atoms with van der Waals surface area (Å²) in [5.74, 6) is -0.908. The number of nitrogens with zero attached hydrogens (tertiary/aromatic N) is 2. The number of nitriles is 1. The molecule has 1 saturated heterocycles. The van der Waals surface area contributed by atoms with E-state index in [-0.39, 0.29) is 17.8 Å². The number of carbonyl (C=O) groups excluding carboxylic acids is 1. The summed E-state index contributed by atoms with van der Waals surface area (Å²) in [6.07, 6.45) is 4.71. The van der Waals surface area contributed by atoms with Crippen molar-refractivity contribution in [2.75, 3.05) is 6.61 Å². The number of rotatable bonds is 4. The molecule has 0 spiro atoms. The number of carbonyl (C=O) groups is 1. The van der Waals surface area contributed by atoms with E-state index in [4.69, 9.17) is 4.74 Å². The van der Waals surface area contributed by atoms with Gasteiger partial charge in [0.2, 0.25) is 0 Å². The van der Waals surface area contributed by atoms with Crippen LogP contribution < -0.4 is 0 Å². The standard InChI is InChI=1S/C14H16N2O2/c1-2-13-11(5-7-18-13)14(17)12(8-15)10-4-3-6-16-9-10/h3-4,6,9,11-13H,2,5,7H2,1H3. The molecule has 1 aromatic heterocycles. The van der Waals surface area contributed by atoms with Gasteiger partial charge in [-0.2, -0.15) is 5.26 Å². The quantitative estimate of drug-likeness (QED) is 0.813. The molecule has 1 aromatic rings. The SMILES string of the molecule is CCC1OCCC1C(=O)C(C#N)c1cccnc1. The van der Waals surface area contributed by atoms with E-state index in [0.29, 0.717) is 12.2 Å². The maximum absolute atomic E-state index is 12.4. The molecule has 94 valence electrons. The topological polar surface area (TPSA) is 63.0 Å². The van der Waals surface area contributed by atoms with Gasteiger partial charge in [0.15, 0.2) is 5.78 Å². The van der Waals surface area contributed by atoms with Gasteiger partial charge < -0.3 is 4.74 Å². The van der Waals surface area contributed by atoms with E-state index in [1.165, 1.54) is 0 Å². The summed E-state index contributed by atoms with van der Waals surface area (Å²) < 4.78 is 5.52. The summed E-state index contributed by atoms with van der Waals surface area (Å²) in [5, 5.41) is 9.23. The number of ether oxygens (including phenoxy) is 1. The molecular formula is C14H16N2O2. The van der Waals surface area contributed by atoms with Crippen molar-refractivity contribution in [3.63, 3.8) is 0 Å². The molecule has 0 saturated carbocycles. The fraction of sp³-hybridized carbons (Fsp3) is 0.500. The summed E-state index contributed by atoms with van der Waals surface area (Å²) >= 11 is 0. The van der Waals surface area contributed by atoms with E-state index < -0.39 is 5.92 Å². The lowest BCUT2D eigenvalue weighted by Gasteiger charge is -2.18. The minimum Gasteiger partial charge on any atom is -0.377 e. The first-order valence-electron chi connectivity index (χ1n) is 6.22. The highest BCUT2D eigenvalue weighted by molar-refractivity contribution is 5.90. The molecule has 0 aliphatic carbocycles. The third-order valence-corrected chi connectivity index (χ3v) is 3.41. The zero-order chi connectivity index (χ0) is 13.0.